The minimum absolute atomic E-state index is 1.18. The van der Waals surface area contributed by atoms with Crippen molar-refractivity contribution in [2.24, 2.45) is 0 Å². The highest BCUT2D eigenvalue weighted by Crippen LogP contribution is 2.10. The van der Waals surface area contributed by atoms with Gasteiger partial charge in [-0.05, 0) is 58.9 Å². The summed E-state index contributed by atoms with van der Waals surface area (Å²) in [4.78, 5) is 7.91. The standard InChI is InChI=1S/C32H68N4/c1-4-6-8-10-12-14-16-19-23-33-24-28-35(25-20-17-15-13-11-9-7-5-2)26-21-18-22-27-36-31-29-34(3)30-32-36/h33H,4-32H2,1-3H3. The molecular weight excluding hydrogens is 440 g/mol. The highest BCUT2D eigenvalue weighted by molar-refractivity contribution is 4.69. The monoisotopic (exact) mass is 509 g/mol. The van der Waals surface area contributed by atoms with Crippen LogP contribution in [-0.2, 0) is 0 Å². The van der Waals surface area contributed by atoms with Gasteiger partial charge in [0.25, 0.3) is 0 Å². The molecule has 0 spiro atoms. The third-order valence-electron chi connectivity index (χ3n) is 8.18. The van der Waals surface area contributed by atoms with Crippen LogP contribution in [0.3, 0.4) is 0 Å². The number of hydrogen-bond donors (Lipinski definition) is 1. The van der Waals surface area contributed by atoms with Gasteiger partial charge in [-0.15, -0.1) is 0 Å². The van der Waals surface area contributed by atoms with E-state index in [4.69, 9.17) is 0 Å². The molecule has 0 atom stereocenters. The average molecular weight is 509 g/mol. The third kappa shape index (κ3) is 21.9. The molecule has 4 nitrogen and oxygen atoms in total. The molecule has 1 fully saturated rings. The Labute approximate surface area is 228 Å². The van der Waals surface area contributed by atoms with Crippen molar-refractivity contribution in [1.29, 1.82) is 0 Å². The predicted octanol–water partition coefficient (Wildman–Crippen LogP) is 7.58. The van der Waals surface area contributed by atoms with Crippen LogP contribution in [0.15, 0.2) is 0 Å². The van der Waals surface area contributed by atoms with E-state index in [-0.39, 0.29) is 0 Å². The molecule has 1 rings (SSSR count). The van der Waals surface area contributed by atoms with E-state index in [9.17, 15) is 0 Å². The topological polar surface area (TPSA) is 21.8 Å². The van der Waals surface area contributed by atoms with Crippen LogP contribution >= 0.6 is 0 Å². The summed E-state index contributed by atoms with van der Waals surface area (Å²) >= 11 is 0. The number of likely N-dealkylation sites (N-methyl/N-ethyl adjacent to an activating group) is 1. The highest BCUT2D eigenvalue weighted by Gasteiger charge is 2.13. The molecule has 0 aromatic heterocycles. The second-order valence-electron chi connectivity index (χ2n) is 11.7. The Morgan fingerprint density at radius 2 is 0.972 bits per heavy atom. The van der Waals surface area contributed by atoms with Gasteiger partial charge in [-0.25, -0.2) is 0 Å². The molecule has 0 bridgehead atoms. The van der Waals surface area contributed by atoms with Crippen LogP contribution in [0.25, 0.3) is 0 Å². The van der Waals surface area contributed by atoms with Gasteiger partial charge in [0, 0.05) is 39.3 Å². The smallest absolute Gasteiger partial charge is 0.0110 e. The maximum Gasteiger partial charge on any atom is 0.0110 e. The van der Waals surface area contributed by atoms with E-state index in [0.29, 0.717) is 0 Å². The van der Waals surface area contributed by atoms with Crippen LogP contribution in [0.5, 0.6) is 0 Å². The van der Waals surface area contributed by atoms with E-state index in [1.165, 1.54) is 187 Å². The fraction of sp³-hybridized carbons (Fsp3) is 1.00. The Morgan fingerprint density at radius 3 is 1.53 bits per heavy atom. The van der Waals surface area contributed by atoms with Gasteiger partial charge in [0.05, 0.1) is 0 Å². The summed E-state index contributed by atoms with van der Waals surface area (Å²) in [5, 5.41) is 3.75. The molecule has 0 amide bonds. The van der Waals surface area contributed by atoms with Gasteiger partial charge < -0.3 is 20.0 Å². The van der Waals surface area contributed by atoms with Gasteiger partial charge in [-0.3, -0.25) is 0 Å². The summed E-state index contributed by atoms with van der Waals surface area (Å²) in [6.07, 6.45) is 26.9. The maximum absolute atomic E-state index is 3.75. The van der Waals surface area contributed by atoms with Crippen LogP contribution < -0.4 is 5.32 Å². The summed E-state index contributed by atoms with van der Waals surface area (Å²) < 4.78 is 0. The highest BCUT2D eigenvalue weighted by atomic mass is 15.2. The Morgan fingerprint density at radius 1 is 0.500 bits per heavy atom. The number of unbranched alkanes of at least 4 members (excludes halogenated alkanes) is 16. The summed E-state index contributed by atoms with van der Waals surface area (Å²) in [5.41, 5.74) is 0. The lowest BCUT2D eigenvalue weighted by molar-refractivity contribution is 0.151. The first-order valence-corrected chi connectivity index (χ1v) is 16.6. The Kier molecular flexibility index (Phi) is 24.9. The molecule has 0 unspecified atom stereocenters. The lowest BCUT2D eigenvalue weighted by Crippen LogP contribution is -2.44. The van der Waals surface area contributed by atoms with Crippen molar-refractivity contribution >= 4 is 0 Å². The van der Waals surface area contributed by atoms with Crippen LogP contribution in [-0.4, -0.2) is 87.2 Å². The van der Waals surface area contributed by atoms with Gasteiger partial charge in [0.2, 0.25) is 0 Å². The molecule has 0 aromatic carbocycles. The zero-order valence-electron chi connectivity index (χ0n) is 25.3. The van der Waals surface area contributed by atoms with Crippen LogP contribution in [0.4, 0.5) is 0 Å². The molecule has 4 heteroatoms. The first-order chi connectivity index (χ1) is 17.8. The number of nitrogens with one attached hydrogen (secondary N) is 1. The maximum atomic E-state index is 3.75. The SMILES string of the molecule is CCCCCCCCCCNCCN(CCCCCCCCCC)CCCCCN1CCN(C)CC1. The largest absolute Gasteiger partial charge is 0.315 e. The summed E-state index contributed by atoms with van der Waals surface area (Å²) in [6, 6.07) is 0. The van der Waals surface area contributed by atoms with E-state index < -0.39 is 0 Å². The Balaban J connectivity index is 2.10. The molecule has 0 aromatic rings. The minimum atomic E-state index is 1.18. The van der Waals surface area contributed by atoms with Gasteiger partial charge in [0.1, 0.15) is 0 Å². The van der Waals surface area contributed by atoms with E-state index in [1.54, 1.807) is 0 Å². The van der Waals surface area contributed by atoms with E-state index in [0.717, 1.165) is 0 Å². The summed E-state index contributed by atoms with van der Waals surface area (Å²) in [6.45, 7) is 17.2. The summed E-state index contributed by atoms with van der Waals surface area (Å²) in [5.74, 6) is 0. The molecule has 0 saturated carbocycles. The molecule has 36 heavy (non-hydrogen) atoms. The zero-order chi connectivity index (χ0) is 25.9. The van der Waals surface area contributed by atoms with Gasteiger partial charge in [-0.2, -0.15) is 0 Å². The first kappa shape index (κ1) is 33.9. The van der Waals surface area contributed by atoms with Gasteiger partial charge >= 0.3 is 0 Å². The number of hydrogen-bond acceptors (Lipinski definition) is 4. The second-order valence-corrected chi connectivity index (χ2v) is 11.7. The quantitative estimate of drug-likeness (QED) is 0.115. The molecule has 0 radical (unpaired) electrons. The molecule has 216 valence electrons. The lowest BCUT2D eigenvalue weighted by atomic mass is 10.1. The van der Waals surface area contributed by atoms with Crippen molar-refractivity contribution in [1.82, 2.24) is 20.0 Å². The van der Waals surface area contributed by atoms with Crippen LogP contribution in [0.1, 0.15) is 136 Å². The fourth-order valence-corrected chi connectivity index (χ4v) is 5.47. The molecule has 0 aliphatic carbocycles. The van der Waals surface area contributed by atoms with Crippen molar-refractivity contribution < 1.29 is 0 Å². The fourth-order valence-electron chi connectivity index (χ4n) is 5.47. The molecule has 1 saturated heterocycles. The van der Waals surface area contributed by atoms with Gasteiger partial charge in [0.15, 0.2) is 0 Å². The first-order valence-electron chi connectivity index (χ1n) is 16.6. The normalized spacial score (nSPS) is 15.3. The average Bonchev–Trinajstić information content (AvgIpc) is 2.89. The number of rotatable bonds is 27. The van der Waals surface area contributed by atoms with Gasteiger partial charge in [-0.1, -0.05) is 110 Å². The zero-order valence-corrected chi connectivity index (χ0v) is 25.3. The van der Waals surface area contributed by atoms with Crippen LogP contribution in [0, 0.1) is 0 Å². The molecule has 1 aliphatic rings. The van der Waals surface area contributed by atoms with Crippen LogP contribution in [0.2, 0.25) is 0 Å². The lowest BCUT2D eigenvalue weighted by Gasteiger charge is -2.32. The van der Waals surface area contributed by atoms with E-state index >= 15 is 0 Å². The molecule has 1 heterocycles. The van der Waals surface area contributed by atoms with E-state index in [2.05, 4.69) is 40.9 Å². The molecular formula is C32H68N4. The molecule has 1 N–H and O–H groups in total. The Hall–Kier alpha value is -0.160. The Bertz CT molecular complexity index is 422. The third-order valence-corrected chi connectivity index (χ3v) is 8.18. The molecule has 1 aliphatic heterocycles. The van der Waals surface area contributed by atoms with Crippen molar-refractivity contribution in [3.63, 3.8) is 0 Å². The van der Waals surface area contributed by atoms with Crippen molar-refractivity contribution in [3.05, 3.63) is 0 Å². The second kappa shape index (κ2) is 26.4. The van der Waals surface area contributed by atoms with Crippen molar-refractivity contribution in [3.8, 4) is 0 Å². The predicted molar refractivity (Wildman–Crippen MR) is 162 cm³/mol. The summed E-state index contributed by atoms with van der Waals surface area (Å²) in [7, 11) is 2.25. The van der Waals surface area contributed by atoms with E-state index in [1.807, 2.05) is 0 Å². The minimum Gasteiger partial charge on any atom is -0.315 e. The number of nitrogens with zero attached hydrogens (tertiary/aromatic N) is 3. The number of piperazine rings is 1. The van der Waals surface area contributed by atoms with Crippen molar-refractivity contribution in [2.45, 2.75) is 136 Å². The van der Waals surface area contributed by atoms with Crippen molar-refractivity contribution in [2.75, 3.05) is 72.5 Å².